The number of aromatic nitrogens is 2. The highest BCUT2D eigenvalue weighted by Gasteiger charge is 2.09. The Labute approximate surface area is 173 Å². The summed E-state index contributed by atoms with van der Waals surface area (Å²) in [5.74, 6) is -2.36. The van der Waals surface area contributed by atoms with E-state index in [1.165, 1.54) is 0 Å². The predicted octanol–water partition coefficient (Wildman–Crippen LogP) is 3.91. The average Bonchev–Trinajstić information content (AvgIpc) is 3.16. The number of benzene rings is 2. The van der Waals surface area contributed by atoms with E-state index in [-0.39, 0.29) is 5.78 Å². The number of H-pyrrole nitrogens is 1. The number of Topliss-reactive ketones (excluding diaryl/α,β-unsaturated/α-hetero) is 1. The lowest BCUT2D eigenvalue weighted by Crippen LogP contribution is -2.02. The predicted molar refractivity (Wildman–Crippen MR) is 112 cm³/mol. The molecule has 7 heteroatoms. The number of aryl methyl sites for hydroxylation is 2. The number of nitrogens with one attached hydrogen (secondary N) is 1. The van der Waals surface area contributed by atoms with Gasteiger partial charge in [-0.2, -0.15) is 0 Å². The quantitative estimate of drug-likeness (QED) is 0.404. The topological polar surface area (TPSA) is 120 Å². The minimum Gasteiger partial charge on any atom is -0.478 e. The molecular weight excluding hydrogens is 384 g/mol. The number of carbonyl (C=O) groups is 3. The summed E-state index contributed by atoms with van der Waals surface area (Å²) in [7, 11) is 0. The summed E-state index contributed by atoms with van der Waals surface area (Å²) in [4.78, 5) is 38.8. The molecule has 0 fully saturated rings. The Morgan fingerprint density at radius 2 is 1.57 bits per heavy atom. The fourth-order valence-corrected chi connectivity index (χ4v) is 2.66. The Morgan fingerprint density at radius 3 is 2.13 bits per heavy atom. The molecule has 0 amide bonds. The minimum atomic E-state index is -1.26. The number of rotatable bonds is 7. The molecule has 3 N–H and O–H groups in total. The summed E-state index contributed by atoms with van der Waals surface area (Å²) in [6.07, 6.45) is 3.93. The zero-order valence-electron chi connectivity index (χ0n) is 16.4. The third-order valence-electron chi connectivity index (χ3n) is 4.18. The van der Waals surface area contributed by atoms with Gasteiger partial charge >= 0.3 is 11.9 Å². The van der Waals surface area contributed by atoms with Crippen LogP contribution in [-0.4, -0.2) is 37.9 Å². The van der Waals surface area contributed by atoms with Crippen molar-refractivity contribution in [2.24, 2.45) is 0 Å². The summed E-state index contributed by atoms with van der Waals surface area (Å²) in [6, 6.07) is 17.9. The first-order chi connectivity index (χ1) is 14.4. The summed E-state index contributed by atoms with van der Waals surface area (Å²) in [6.45, 7) is 1.98. The summed E-state index contributed by atoms with van der Waals surface area (Å²) >= 11 is 0. The van der Waals surface area contributed by atoms with Gasteiger partial charge in [0.05, 0.1) is 12.0 Å². The van der Waals surface area contributed by atoms with Gasteiger partial charge in [-0.25, -0.2) is 14.6 Å². The number of aliphatic carboxylic acids is 2. The van der Waals surface area contributed by atoms with Crippen LogP contribution in [0.25, 0.3) is 11.1 Å². The van der Waals surface area contributed by atoms with Crippen LogP contribution < -0.4 is 0 Å². The molecule has 30 heavy (non-hydrogen) atoms. The zero-order valence-corrected chi connectivity index (χ0v) is 16.4. The van der Waals surface area contributed by atoms with Crippen LogP contribution in [0.1, 0.15) is 28.2 Å². The van der Waals surface area contributed by atoms with Crippen LogP contribution in [0.5, 0.6) is 0 Å². The lowest BCUT2D eigenvalue weighted by molar-refractivity contribution is -0.134. The first-order valence-electron chi connectivity index (χ1n) is 9.18. The number of imidazole rings is 1. The molecule has 0 aliphatic rings. The van der Waals surface area contributed by atoms with Gasteiger partial charge in [-0.1, -0.05) is 48.5 Å². The molecule has 7 nitrogen and oxygen atoms in total. The van der Waals surface area contributed by atoms with E-state index in [0.29, 0.717) is 25.0 Å². The Kier molecular flexibility index (Phi) is 8.26. The van der Waals surface area contributed by atoms with E-state index in [1.807, 2.05) is 49.4 Å². The van der Waals surface area contributed by atoms with Gasteiger partial charge in [-0.3, -0.25) is 4.79 Å². The van der Waals surface area contributed by atoms with E-state index in [4.69, 9.17) is 10.2 Å². The van der Waals surface area contributed by atoms with Crippen molar-refractivity contribution in [1.29, 1.82) is 0 Å². The first-order valence-corrected chi connectivity index (χ1v) is 9.18. The maximum absolute atomic E-state index is 12.4. The molecule has 0 aliphatic carbocycles. The average molecular weight is 406 g/mol. The summed E-state index contributed by atoms with van der Waals surface area (Å²) in [5.41, 5.74) is 4.95. The molecule has 2 aromatic carbocycles. The van der Waals surface area contributed by atoms with Crippen molar-refractivity contribution in [2.75, 3.05) is 0 Å². The van der Waals surface area contributed by atoms with Gasteiger partial charge in [0.15, 0.2) is 5.78 Å². The van der Waals surface area contributed by atoms with Crippen molar-refractivity contribution < 1.29 is 24.6 Å². The lowest BCUT2D eigenvalue weighted by atomic mass is 9.99. The van der Waals surface area contributed by atoms with Gasteiger partial charge in [0.1, 0.15) is 0 Å². The van der Waals surface area contributed by atoms with Crippen LogP contribution in [0, 0.1) is 6.92 Å². The number of carboxylic acids is 2. The van der Waals surface area contributed by atoms with Gasteiger partial charge < -0.3 is 15.2 Å². The molecule has 0 aliphatic heterocycles. The highest BCUT2D eigenvalue weighted by Crippen LogP contribution is 2.21. The van der Waals surface area contributed by atoms with E-state index in [2.05, 4.69) is 22.1 Å². The molecule has 0 saturated carbocycles. The second-order valence-corrected chi connectivity index (χ2v) is 6.35. The molecular formula is C23H22N2O5. The van der Waals surface area contributed by atoms with E-state index < -0.39 is 11.9 Å². The van der Waals surface area contributed by atoms with Crippen LogP contribution in [0.4, 0.5) is 0 Å². The standard InChI is InChI=1S/C19H18N2O.C4H4O4/c1-14-18(21-13-20-14)10-11-19(22)17-9-5-8-16(12-17)15-6-3-2-4-7-15;5-3(6)1-2-4(7)8/h2-9,12-13H,10-11H2,1H3,(H,20,21);1-2H,(H,5,6)(H,7,8). The fourth-order valence-electron chi connectivity index (χ4n) is 2.66. The third-order valence-corrected chi connectivity index (χ3v) is 4.18. The van der Waals surface area contributed by atoms with Crippen molar-refractivity contribution in [1.82, 2.24) is 9.97 Å². The van der Waals surface area contributed by atoms with Gasteiger partial charge in [0.25, 0.3) is 0 Å². The molecule has 154 valence electrons. The maximum Gasteiger partial charge on any atom is 0.328 e. The highest BCUT2D eigenvalue weighted by molar-refractivity contribution is 5.97. The Morgan fingerprint density at radius 1 is 0.933 bits per heavy atom. The first kappa shape index (κ1) is 22.3. The Bertz CT molecular complexity index is 1020. The Hall–Kier alpha value is -4.00. The molecule has 0 saturated heterocycles. The van der Waals surface area contributed by atoms with Crippen molar-refractivity contribution in [2.45, 2.75) is 19.8 Å². The van der Waals surface area contributed by atoms with E-state index in [0.717, 1.165) is 28.1 Å². The second-order valence-electron chi connectivity index (χ2n) is 6.35. The fraction of sp³-hybridized carbons (Fsp3) is 0.130. The van der Waals surface area contributed by atoms with Crippen molar-refractivity contribution >= 4 is 17.7 Å². The maximum atomic E-state index is 12.4. The van der Waals surface area contributed by atoms with Crippen molar-refractivity contribution in [3.63, 3.8) is 0 Å². The van der Waals surface area contributed by atoms with Gasteiger partial charge in [-0.15, -0.1) is 0 Å². The van der Waals surface area contributed by atoms with Crippen molar-refractivity contribution in [3.8, 4) is 11.1 Å². The molecule has 1 heterocycles. The molecule has 0 unspecified atom stereocenters. The van der Waals surface area contributed by atoms with Gasteiger partial charge in [0, 0.05) is 29.8 Å². The largest absolute Gasteiger partial charge is 0.478 e. The molecule has 0 spiro atoms. The van der Waals surface area contributed by atoms with E-state index >= 15 is 0 Å². The van der Waals surface area contributed by atoms with Crippen LogP contribution in [0.3, 0.4) is 0 Å². The Balaban J connectivity index is 0.000000343. The number of hydrogen-bond acceptors (Lipinski definition) is 4. The van der Waals surface area contributed by atoms with Gasteiger partial charge in [0.2, 0.25) is 0 Å². The van der Waals surface area contributed by atoms with Crippen LogP contribution in [0.15, 0.2) is 73.1 Å². The second kappa shape index (κ2) is 11.1. The highest BCUT2D eigenvalue weighted by atomic mass is 16.4. The number of aromatic amines is 1. The molecule has 3 aromatic rings. The molecule has 0 atom stereocenters. The normalized spacial score (nSPS) is 10.3. The smallest absolute Gasteiger partial charge is 0.328 e. The molecule has 0 bridgehead atoms. The number of nitrogens with zero attached hydrogens (tertiary/aromatic N) is 1. The zero-order chi connectivity index (χ0) is 21.9. The molecule has 1 aromatic heterocycles. The lowest BCUT2D eigenvalue weighted by Gasteiger charge is -2.05. The van der Waals surface area contributed by atoms with Crippen LogP contribution in [0.2, 0.25) is 0 Å². The SMILES string of the molecule is Cc1[nH]cnc1CCC(=O)c1cccc(-c2ccccc2)c1.O=C(O)C=CC(=O)O. The monoisotopic (exact) mass is 406 g/mol. The third kappa shape index (κ3) is 7.20. The summed E-state index contributed by atoms with van der Waals surface area (Å²) in [5, 5.41) is 15.6. The molecule has 0 radical (unpaired) electrons. The van der Waals surface area contributed by atoms with Crippen LogP contribution >= 0.6 is 0 Å². The number of carbonyl (C=O) groups excluding carboxylic acids is 1. The summed E-state index contributed by atoms with van der Waals surface area (Å²) < 4.78 is 0. The van der Waals surface area contributed by atoms with E-state index in [1.54, 1.807) is 6.33 Å². The van der Waals surface area contributed by atoms with Crippen molar-refractivity contribution in [3.05, 3.63) is 90.0 Å². The van der Waals surface area contributed by atoms with Gasteiger partial charge in [-0.05, 0) is 30.5 Å². The number of carboxylic acid groups (broad SMARTS) is 2. The van der Waals surface area contributed by atoms with Crippen LogP contribution in [-0.2, 0) is 16.0 Å². The minimum absolute atomic E-state index is 0.153. The number of hydrogen-bond donors (Lipinski definition) is 3. The van der Waals surface area contributed by atoms with E-state index in [9.17, 15) is 14.4 Å². The molecule has 3 rings (SSSR count). The number of ketones is 1.